The molecule has 0 aromatic heterocycles. The molecule has 0 radical (unpaired) electrons. The van der Waals surface area contributed by atoms with Crippen LogP contribution in [0.15, 0.2) is 201 Å². The van der Waals surface area contributed by atoms with Gasteiger partial charge in [0.15, 0.2) is 0 Å². The van der Waals surface area contributed by atoms with Gasteiger partial charge in [0.05, 0.1) is 0 Å². The van der Waals surface area contributed by atoms with Crippen molar-refractivity contribution in [1.82, 2.24) is 0 Å². The third-order valence-electron chi connectivity index (χ3n) is 30.3. The minimum Gasteiger partial charge on any atom is -0.0622 e. The Bertz CT molecular complexity index is 2810. The topological polar surface area (TPSA) is 0 Å². The normalized spacial score (nSPS) is 29.1. The van der Waals surface area contributed by atoms with E-state index in [-0.39, 0.29) is 100 Å². The Morgan fingerprint density at radius 2 is 0.457 bits per heavy atom. The van der Waals surface area contributed by atoms with E-state index >= 15 is 0 Å². The van der Waals surface area contributed by atoms with Crippen LogP contribution >= 0.6 is 51.1 Å². The van der Waals surface area contributed by atoms with E-state index in [1.54, 1.807) is 173 Å². The van der Waals surface area contributed by atoms with Crippen LogP contribution in [0, 0.1) is 193 Å². The molecule has 3 aromatic rings. The Hall–Kier alpha value is 0.592. The molecular formula is C119H194Cl6Zr4. The smallest absolute Gasteiger partial charge is 0.0622 e. The molecule has 0 nitrogen and oxygen atoms in total. The van der Waals surface area contributed by atoms with Crippen LogP contribution in [0.25, 0.3) is 0 Å². The summed E-state index contributed by atoms with van der Waals surface area (Å²) in [5.74, 6) is 20.4. The Balaban J connectivity index is -0.000000434. The molecule has 21 rings (SSSR count). The minimum atomic E-state index is -0.826. The van der Waals surface area contributed by atoms with E-state index < -0.39 is 62.5 Å². The first-order chi connectivity index (χ1) is 58.3. The molecule has 0 N–H and O–H groups in total. The van der Waals surface area contributed by atoms with Crippen molar-refractivity contribution in [1.29, 1.82) is 0 Å². The molecule has 18 aliphatic carbocycles. The zero-order valence-electron chi connectivity index (χ0n) is 85.1. The standard InChI is InChI=1S/3C13H22.2C13H14.C13H12.C8H10.C6H12.3C5H10.C2H6.10CH3.6ClH.4Zr/c5*1-3-7-12-10(5-1)9-11-6-2-4-8-13(11)12;1-3-7-12(8-4-1)11-13-9-5-2-6-10-13;1-2-8-6-4-3-5-7-8;1-3-5-6-4-2;3*1-2-4-5-3-1;1-2;;;;;;;;;;;;;;;;;;;;/h3*10-13H,1-9H2;2*1-8,10-13H,9H2;1-10H,11H2;3-7H,2H2,1H3;3H,1,4-6H2,2H3;3*1-5H2;1-2H3;10*1H3;6*1H;;;;/q;;;;;;;;;;;;10*-1;;;;;;;4*+4/p-6. The van der Waals surface area contributed by atoms with Crippen molar-refractivity contribution < 1.29 is 88.7 Å². The second kappa shape index (κ2) is 88.7. The average Bonchev–Trinajstić information content (AvgIpc) is 1.68. The number of unbranched alkanes of at least 4 members (excludes halogenated alkanes) is 2. The van der Waals surface area contributed by atoms with Crippen LogP contribution in [-0.4, -0.2) is 0 Å². The molecule has 0 amide bonds. The maximum atomic E-state index is 4.93. The fraction of sp³-hybridized carbons (Fsp3) is 0.613. The van der Waals surface area contributed by atoms with Crippen molar-refractivity contribution in [3.05, 3.63) is 292 Å². The van der Waals surface area contributed by atoms with E-state index in [1.807, 2.05) is 26.0 Å². The van der Waals surface area contributed by atoms with Crippen LogP contribution in [-0.2, 0) is 102 Å². The van der Waals surface area contributed by atoms with Gasteiger partial charge in [-0.1, -0.05) is 447 Å². The molecule has 0 saturated heterocycles. The molecule has 129 heavy (non-hydrogen) atoms. The van der Waals surface area contributed by atoms with Gasteiger partial charge in [0.2, 0.25) is 0 Å². The van der Waals surface area contributed by atoms with Crippen molar-refractivity contribution in [2.24, 2.45) is 118 Å². The van der Waals surface area contributed by atoms with Crippen molar-refractivity contribution in [3.8, 4) is 0 Å². The number of rotatable bonds is 6. The van der Waals surface area contributed by atoms with Crippen LogP contribution in [0.1, 0.15) is 346 Å². The predicted octanol–water partition coefficient (Wildman–Crippen LogP) is 41.6. The summed E-state index contributed by atoms with van der Waals surface area (Å²) in [6.45, 7) is 11.9. The number of benzene rings is 3. The number of halogens is 6. The third-order valence-corrected chi connectivity index (χ3v) is 30.3. The molecule has 0 bridgehead atoms. The predicted molar refractivity (Wildman–Crippen MR) is 578 cm³/mol. The average molecular weight is 2200 g/mol. The van der Waals surface area contributed by atoms with Crippen LogP contribution in [0.4, 0.5) is 0 Å². The van der Waals surface area contributed by atoms with Crippen LogP contribution < -0.4 is 0 Å². The molecule has 14 saturated carbocycles. The molecule has 14 fully saturated rings. The Morgan fingerprint density at radius 1 is 0.271 bits per heavy atom. The summed E-state index contributed by atoms with van der Waals surface area (Å²) in [7, 11) is 29.6. The molecule has 728 valence electrons. The number of allylic oxidation sites excluding steroid dienone is 17. The Morgan fingerprint density at radius 3 is 0.628 bits per heavy atom. The van der Waals surface area contributed by atoms with Crippen LogP contribution in [0.2, 0.25) is 0 Å². The van der Waals surface area contributed by atoms with Gasteiger partial charge in [-0.25, -0.2) is 0 Å². The molecule has 20 atom stereocenters. The molecule has 20 unspecified atom stereocenters. The summed E-state index contributed by atoms with van der Waals surface area (Å²) in [4.78, 5) is 0. The summed E-state index contributed by atoms with van der Waals surface area (Å²) in [6, 6.07) is 31.5. The monoisotopic (exact) mass is 2190 g/mol. The van der Waals surface area contributed by atoms with E-state index in [4.69, 9.17) is 51.1 Å². The summed E-state index contributed by atoms with van der Waals surface area (Å²) < 4.78 is 0. The number of hydrogen-bond donors (Lipinski definition) is 0. The minimum absolute atomic E-state index is 0. The molecular weight excluding hydrogens is 2010 g/mol. The second-order valence-corrected chi connectivity index (χ2v) is 48.6. The van der Waals surface area contributed by atoms with Gasteiger partial charge in [0, 0.05) is 0 Å². The SMILES string of the molecule is C1=CC2CC3C=CC=CC3C2C=C1.C1=CC2CC3C=CC=CC3C2C=C1.C1CCC2C(C1)CC1CCCCC12.C1CCC2C(C1)CC1CCCCC12.C1CCC2C(C1)CC1CCCCC12.C1CCCC1.C1CCCC1.C1CCCC1.C=CCCCC.CC.CCc1ccccc1.[CH3-].[CH3-].[CH3-].[CH3-].[CH3-].[CH3-].[CH3-].[CH3-].[CH3-].[CH3-].[Cl][Zr+2][Cl].[Cl][Zr+2][Cl].[Cl][Zr+2][Cl].[Zr+4].c1ccc(Cc2ccccc2)cc1. The maximum Gasteiger partial charge on any atom is 4.00 e. The second-order valence-electron chi connectivity index (χ2n) is 37.4. The summed E-state index contributed by atoms with van der Waals surface area (Å²) in [5.41, 5.74) is 4.15. The third kappa shape index (κ3) is 52.3. The first-order valence-electron chi connectivity index (χ1n) is 49.3. The van der Waals surface area contributed by atoms with Crippen molar-refractivity contribution in [2.75, 3.05) is 0 Å². The number of fused-ring (bicyclic) bond motifs is 15. The number of hydrogen-bond acceptors (Lipinski definition) is 0. The summed E-state index contributed by atoms with van der Waals surface area (Å²) in [6.07, 6.45) is 112. The van der Waals surface area contributed by atoms with Gasteiger partial charge >= 0.3 is 140 Å². The molecule has 0 heterocycles. The van der Waals surface area contributed by atoms with E-state index in [2.05, 4.69) is 203 Å². The van der Waals surface area contributed by atoms with Gasteiger partial charge in [-0.3, -0.25) is 0 Å². The van der Waals surface area contributed by atoms with Gasteiger partial charge < -0.3 is 74.3 Å². The molecule has 3 aromatic carbocycles. The van der Waals surface area contributed by atoms with Crippen LogP contribution in [0.3, 0.4) is 0 Å². The van der Waals surface area contributed by atoms with Crippen molar-refractivity contribution in [2.45, 2.75) is 342 Å². The van der Waals surface area contributed by atoms with E-state index in [1.165, 1.54) is 216 Å². The Kier molecular flexibility index (Phi) is 95.0. The maximum absolute atomic E-state index is 4.93. The first kappa shape index (κ1) is 138. The zero-order chi connectivity index (χ0) is 83.7. The fourth-order valence-electron chi connectivity index (χ4n) is 24.8. The molecule has 0 aliphatic heterocycles. The van der Waals surface area contributed by atoms with E-state index in [0.29, 0.717) is 0 Å². The Labute approximate surface area is 882 Å². The van der Waals surface area contributed by atoms with Gasteiger partial charge in [-0.15, -0.1) is 6.58 Å². The fourth-order valence-corrected chi connectivity index (χ4v) is 24.8. The summed E-state index contributed by atoms with van der Waals surface area (Å²) >= 11 is -2.48. The van der Waals surface area contributed by atoms with E-state index in [9.17, 15) is 0 Å². The molecule has 0 spiro atoms. The summed E-state index contributed by atoms with van der Waals surface area (Å²) in [5, 5.41) is 0. The zero-order valence-corrected chi connectivity index (χ0v) is 99.5. The van der Waals surface area contributed by atoms with Gasteiger partial charge in [-0.2, -0.15) is 0 Å². The quantitative estimate of drug-likeness (QED) is 0.131. The van der Waals surface area contributed by atoms with Crippen LogP contribution in [0.5, 0.6) is 0 Å². The van der Waals surface area contributed by atoms with E-state index in [0.717, 1.165) is 60.2 Å². The van der Waals surface area contributed by atoms with Crippen molar-refractivity contribution >= 4 is 51.1 Å². The molecule has 10 heteroatoms. The largest absolute Gasteiger partial charge is 4.00 e. The van der Waals surface area contributed by atoms with Crippen molar-refractivity contribution in [3.63, 3.8) is 0 Å². The number of aryl methyl sites for hydroxylation is 1. The first-order valence-corrected chi connectivity index (χ1v) is 68.3. The molecule has 18 aliphatic rings. The van der Waals surface area contributed by atoms with Gasteiger partial charge in [0.25, 0.3) is 0 Å². The van der Waals surface area contributed by atoms with Gasteiger partial charge in [-0.05, 0) is 225 Å². The van der Waals surface area contributed by atoms with Gasteiger partial charge in [0.1, 0.15) is 0 Å².